The molecular weight excluding hydrogens is 440 g/mol. The predicted octanol–water partition coefficient (Wildman–Crippen LogP) is 5.00. The van der Waals surface area contributed by atoms with E-state index in [1.807, 2.05) is 42.5 Å². The zero-order chi connectivity index (χ0) is 24.4. The lowest BCUT2D eigenvalue weighted by molar-refractivity contribution is -0.136. The number of aromatic amines is 1. The van der Waals surface area contributed by atoms with Crippen molar-refractivity contribution in [1.29, 1.82) is 0 Å². The number of carbonyl (C=O) groups excluding carboxylic acids is 3. The van der Waals surface area contributed by atoms with E-state index in [1.54, 1.807) is 54.4 Å². The van der Waals surface area contributed by atoms with Crippen LogP contribution in [0.2, 0.25) is 0 Å². The molecule has 2 heterocycles. The second-order valence-electron chi connectivity index (χ2n) is 8.31. The van der Waals surface area contributed by atoms with E-state index in [2.05, 4.69) is 4.98 Å². The highest BCUT2D eigenvalue weighted by Crippen LogP contribution is 2.31. The van der Waals surface area contributed by atoms with Gasteiger partial charge >= 0.3 is 5.97 Å². The average molecular weight is 465 g/mol. The molecule has 0 saturated carbocycles. The Labute approximate surface area is 202 Å². The van der Waals surface area contributed by atoms with Crippen LogP contribution < -0.4 is 0 Å². The maximum atomic E-state index is 13.4. The molecule has 1 aromatic heterocycles. The number of nitrogens with one attached hydrogen (secondary N) is 1. The first-order chi connectivity index (χ1) is 17.1. The number of ketones is 1. The van der Waals surface area contributed by atoms with Crippen LogP contribution in [0.1, 0.15) is 44.5 Å². The van der Waals surface area contributed by atoms with Gasteiger partial charge in [-0.2, -0.15) is 0 Å². The van der Waals surface area contributed by atoms with E-state index in [-0.39, 0.29) is 18.3 Å². The predicted molar refractivity (Wildman–Crippen MR) is 134 cm³/mol. The molecule has 1 N–H and O–H groups in total. The fraction of sp³-hybridized carbons (Fsp3) is 0.138. The van der Waals surface area contributed by atoms with Crippen molar-refractivity contribution in [1.82, 2.24) is 9.88 Å². The number of rotatable bonds is 5. The molecule has 5 rings (SSSR count). The SMILES string of the molecule is CCOC(=O)C1=CN(C(=O)c2ccc(C(=O)c3ccccc3)cc2)CCc2c1[nH]c1ccccc21. The smallest absolute Gasteiger partial charge is 0.341 e. The molecule has 1 aliphatic rings. The van der Waals surface area contributed by atoms with E-state index in [1.165, 1.54) is 0 Å². The summed E-state index contributed by atoms with van der Waals surface area (Å²) < 4.78 is 5.31. The van der Waals surface area contributed by atoms with E-state index in [0.717, 1.165) is 16.5 Å². The summed E-state index contributed by atoms with van der Waals surface area (Å²) in [5.74, 6) is -0.835. The van der Waals surface area contributed by atoms with Crippen LogP contribution >= 0.6 is 0 Å². The number of ether oxygens (including phenoxy) is 1. The van der Waals surface area contributed by atoms with Gasteiger partial charge in [0.2, 0.25) is 0 Å². The molecular formula is C29H24N2O4. The highest BCUT2D eigenvalue weighted by Gasteiger charge is 2.27. The Hall–Kier alpha value is -4.45. The fourth-order valence-electron chi connectivity index (χ4n) is 4.42. The highest BCUT2D eigenvalue weighted by molar-refractivity contribution is 6.18. The maximum absolute atomic E-state index is 13.4. The second kappa shape index (κ2) is 9.43. The van der Waals surface area contributed by atoms with Crippen molar-refractivity contribution in [2.45, 2.75) is 13.3 Å². The third-order valence-electron chi connectivity index (χ3n) is 6.16. The van der Waals surface area contributed by atoms with Crippen LogP contribution in [-0.2, 0) is 16.0 Å². The summed E-state index contributed by atoms with van der Waals surface area (Å²) in [6.45, 7) is 2.39. The molecule has 0 saturated heterocycles. The fourth-order valence-corrected chi connectivity index (χ4v) is 4.42. The number of hydrogen-bond donors (Lipinski definition) is 1. The van der Waals surface area contributed by atoms with Gasteiger partial charge in [0.05, 0.1) is 17.9 Å². The molecule has 0 bridgehead atoms. The van der Waals surface area contributed by atoms with E-state index >= 15 is 0 Å². The zero-order valence-electron chi connectivity index (χ0n) is 19.3. The lowest BCUT2D eigenvalue weighted by Gasteiger charge is -2.18. The van der Waals surface area contributed by atoms with Crippen LogP contribution in [-0.4, -0.2) is 40.7 Å². The highest BCUT2D eigenvalue weighted by atomic mass is 16.5. The lowest BCUT2D eigenvalue weighted by atomic mass is 10.0. The van der Waals surface area contributed by atoms with Gasteiger partial charge in [0, 0.05) is 40.3 Å². The van der Waals surface area contributed by atoms with Crippen molar-refractivity contribution < 1.29 is 19.1 Å². The monoisotopic (exact) mass is 464 g/mol. The van der Waals surface area contributed by atoms with Gasteiger partial charge in [-0.1, -0.05) is 60.7 Å². The van der Waals surface area contributed by atoms with Crippen LogP contribution in [0.4, 0.5) is 0 Å². The average Bonchev–Trinajstić information content (AvgIpc) is 3.16. The number of amides is 1. The molecule has 6 nitrogen and oxygen atoms in total. The van der Waals surface area contributed by atoms with Gasteiger partial charge in [-0.05, 0) is 37.1 Å². The maximum Gasteiger partial charge on any atom is 0.341 e. The van der Waals surface area contributed by atoms with Gasteiger partial charge in [0.25, 0.3) is 5.91 Å². The van der Waals surface area contributed by atoms with Crippen LogP contribution in [0.15, 0.2) is 85.1 Å². The van der Waals surface area contributed by atoms with Crippen LogP contribution in [0, 0.1) is 0 Å². The summed E-state index contributed by atoms with van der Waals surface area (Å²) in [5.41, 5.74) is 4.46. The standard InChI is InChI=1S/C29H24N2O4/c1-2-35-29(34)24-18-31(17-16-23-22-10-6-7-11-25(22)30-26(23)24)28(33)21-14-12-20(13-15-21)27(32)19-8-4-3-5-9-19/h3-15,18,30H,2,16-17H2,1H3. The molecule has 1 aliphatic heterocycles. The van der Waals surface area contributed by atoms with Crippen LogP contribution in [0.25, 0.3) is 16.5 Å². The molecule has 0 spiro atoms. The van der Waals surface area contributed by atoms with E-state index < -0.39 is 5.97 Å². The quantitative estimate of drug-likeness (QED) is 0.333. The van der Waals surface area contributed by atoms with Crippen LogP contribution in [0.5, 0.6) is 0 Å². The Balaban J connectivity index is 1.46. The topological polar surface area (TPSA) is 79.5 Å². The molecule has 0 radical (unpaired) electrons. The molecule has 0 aliphatic carbocycles. The van der Waals surface area contributed by atoms with E-state index in [4.69, 9.17) is 4.74 Å². The van der Waals surface area contributed by atoms with Gasteiger partial charge < -0.3 is 14.6 Å². The van der Waals surface area contributed by atoms with Gasteiger partial charge in [-0.15, -0.1) is 0 Å². The molecule has 3 aromatic carbocycles. The number of H-pyrrole nitrogens is 1. The van der Waals surface area contributed by atoms with Gasteiger partial charge in [0.1, 0.15) is 0 Å². The van der Waals surface area contributed by atoms with Gasteiger partial charge in [0.15, 0.2) is 5.78 Å². The largest absolute Gasteiger partial charge is 0.462 e. The van der Waals surface area contributed by atoms with Crippen molar-refractivity contribution >= 4 is 34.1 Å². The lowest BCUT2D eigenvalue weighted by Crippen LogP contribution is -2.28. The number of hydrogen-bond acceptors (Lipinski definition) is 4. The summed E-state index contributed by atoms with van der Waals surface area (Å²) in [7, 11) is 0. The number of aromatic nitrogens is 1. The minimum absolute atomic E-state index is 0.103. The summed E-state index contributed by atoms with van der Waals surface area (Å²) in [4.78, 5) is 43.8. The first kappa shape index (κ1) is 22.3. The van der Waals surface area contributed by atoms with Crippen molar-refractivity contribution in [2.75, 3.05) is 13.2 Å². The van der Waals surface area contributed by atoms with Gasteiger partial charge in [-0.3, -0.25) is 9.59 Å². The van der Waals surface area contributed by atoms with Gasteiger partial charge in [-0.25, -0.2) is 4.79 Å². The summed E-state index contributed by atoms with van der Waals surface area (Å²) in [6.07, 6.45) is 2.15. The van der Waals surface area contributed by atoms with Crippen molar-refractivity contribution in [3.63, 3.8) is 0 Å². The number of benzene rings is 3. The van der Waals surface area contributed by atoms with Crippen molar-refractivity contribution in [2.24, 2.45) is 0 Å². The number of esters is 1. The Morgan fingerprint density at radius 3 is 2.26 bits per heavy atom. The Bertz CT molecular complexity index is 1450. The molecule has 6 heteroatoms. The normalized spacial score (nSPS) is 13.1. The minimum Gasteiger partial charge on any atom is -0.462 e. The molecule has 1 amide bonds. The molecule has 0 atom stereocenters. The minimum atomic E-state index is -0.483. The van der Waals surface area contributed by atoms with Crippen LogP contribution in [0.3, 0.4) is 0 Å². The molecule has 35 heavy (non-hydrogen) atoms. The number of carbonyl (C=O) groups is 3. The van der Waals surface area contributed by atoms with Crippen molar-refractivity contribution in [3.05, 3.63) is 113 Å². The first-order valence-corrected chi connectivity index (χ1v) is 11.6. The zero-order valence-corrected chi connectivity index (χ0v) is 19.3. The summed E-state index contributed by atoms with van der Waals surface area (Å²) in [6, 6.07) is 23.5. The summed E-state index contributed by atoms with van der Waals surface area (Å²) in [5, 5.41) is 1.02. The third-order valence-corrected chi connectivity index (χ3v) is 6.16. The number of fused-ring (bicyclic) bond motifs is 3. The number of nitrogens with zero attached hydrogens (tertiary/aromatic N) is 1. The Kier molecular flexibility index (Phi) is 6.02. The first-order valence-electron chi connectivity index (χ1n) is 11.6. The summed E-state index contributed by atoms with van der Waals surface area (Å²) >= 11 is 0. The Morgan fingerprint density at radius 2 is 1.51 bits per heavy atom. The van der Waals surface area contributed by atoms with E-state index in [9.17, 15) is 14.4 Å². The third kappa shape index (κ3) is 4.26. The van der Waals surface area contributed by atoms with Crippen molar-refractivity contribution in [3.8, 4) is 0 Å². The molecule has 0 fully saturated rings. The Morgan fingerprint density at radius 1 is 0.857 bits per heavy atom. The number of para-hydroxylation sites is 1. The van der Waals surface area contributed by atoms with E-state index in [0.29, 0.717) is 40.9 Å². The molecule has 0 unspecified atom stereocenters. The molecule has 174 valence electrons. The second-order valence-corrected chi connectivity index (χ2v) is 8.31. The molecule has 4 aromatic rings.